The summed E-state index contributed by atoms with van der Waals surface area (Å²) in [5.74, 6) is -2.16. The molecule has 7 heteroatoms. The van der Waals surface area contributed by atoms with Gasteiger partial charge in [0.2, 0.25) is 0 Å². The number of benzene rings is 1. The summed E-state index contributed by atoms with van der Waals surface area (Å²) in [4.78, 5) is 25.8. The van der Waals surface area contributed by atoms with Gasteiger partial charge in [-0.2, -0.15) is 0 Å². The summed E-state index contributed by atoms with van der Waals surface area (Å²) in [7, 11) is 4.22. The molecule has 1 aromatic heterocycles. The first-order valence-electron chi connectivity index (χ1n) is 8.24. The van der Waals surface area contributed by atoms with E-state index < -0.39 is 11.9 Å². The van der Waals surface area contributed by atoms with E-state index in [0.29, 0.717) is 18.1 Å². The smallest absolute Gasteiger partial charge is 0.328 e. The highest BCUT2D eigenvalue weighted by Crippen LogP contribution is 2.27. The van der Waals surface area contributed by atoms with Crippen LogP contribution in [0, 0.1) is 0 Å². The quantitative estimate of drug-likeness (QED) is 0.646. The molecule has 2 rings (SSSR count). The molecule has 0 saturated heterocycles. The predicted molar refractivity (Wildman–Crippen MR) is 108 cm³/mol. The van der Waals surface area contributed by atoms with Crippen LogP contribution >= 0.6 is 15.9 Å². The van der Waals surface area contributed by atoms with Crippen LogP contribution in [0.25, 0.3) is 0 Å². The van der Waals surface area contributed by atoms with Crippen molar-refractivity contribution in [2.45, 2.75) is 12.3 Å². The maximum atomic E-state index is 9.55. The fourth-order valence-corrected chi connectivity index (χ4v) is 2.56. The molecule has 2 aromatic rings. The van der Waals surface area contributed by atoms with Crippen LogP contribution in [0.4, 0.5) is 0 Å². The Kier molecular flexibility index (Phi) is 10.00. The van der Waals surface area contributed by atoms with E-state index in [0.717, 1.165) is 23.1 Å². The molecule has 144 valence electrons. The van der Waals surface area contributed by atoms with E-state index in [4.69, 9.17) is 10.2 Å². The minimum Gasteiger partial charge on any atom is -0.478 e. The number of aliphatic carboxylic acids is 2. The summed E-state index contributed by atoms with van der Waals surface area (Å²) in [6.45, 7) is 1.05. The molecule has 0 spiro atoms. The van der Waals surface area contributed by atoms with Crippen molar-refractivity contribution in [3.8, 4) is 0 Å². The summed E-state index contributed by atoms with van der Waals surface area (Å²) in [5, 5.41) is 15.6. The van der Waals surface area contributed by atoms with E-state index in [1.54, 1.807) is 0 Å². The average Bonchev–Trinajstić information content (AvgIpc) is 2.63. The highest BCUT2D eigenvalue weighted by atomic mass is 79.9. The van der Waals surface area contributed by atoms with Gasteiger partial charge in [-0.1, -0.05) is 34.1 Å². The number of hydrogen-bond acceptors (Lipinski definition) is 4. The van der Waals surface area contributed by atoms with E-state index in [2.05, 4.69) is 76.3 Å². The molecule has 0 aliphatic rings. The van der Waals surface area contributed by atoms with Crippen LogP contribution in [-0.2, 0) is 9.59 Å². The monoisotopic (exact) mass is 434 g/mol. The summed E-state index contributed by atoms with van der Waals surface area (Å²) in [6.07, 6.45) is 4.06. The fraction of sp³-hybridized carbons (Fsp3) is 0.250. The Morgan fingerprint density at radius 3 is 2.11 bits per heavy atom. The number of carboxylic acids is 2. The van der Waals surface area contributed by atoms with Crippen molar-refractivity contribution in [2.75, 3.05) is 20.6 Å². The lowest BCUT2D eigenvalue weighted by molar-refractivity contribution is -0.134. The van der Waals surface area contributed by atoms with Gasteiger partial charge in [0, 0.05) is 34.4 Å². The number of pyridine rings is 1. The molecule has 27 heavy (non-hydrogen) atoms. The lowest BCUT2D eigenvalue weighted by atomic mass is 9.92. The Morgan fingerprint density at radius 1 is 1.07 bits per heavy atom. The van der Waals surface area contributed by atoms with Crippen molar-refractivity contribution in [2.24, 2.45) is 0 Å². The molecule has 1 unspecified atom stereocenters. The van der Waals surface area contributed by atoms with Gasteiger partial charge in [-0.05, 0) is 56.9 Å². The second-order valence-electron chi connectivity index (χ2n) is 5.96. The van der Waals surface area contributed by atoms with Crippen LogP contribution in [-0.4, -0.2) is 52.7 Å². The van der Waals surface area contributed by atoms with Gasteiger partial charge in [-0.3, -0.25) is 4.98 Å². The zero-order valence-corrected chi connectivity index (χ0v) is 16.8. The number of carbonyl (C=O) groups is 2. The fourth-order valence-electron chi connectivity index (χ4n) is 2.29. The molecule has 0 amide bonds. The molecular weight excluding hydrogens is 412 g/mol. The van der Waals surface area contributed by atoms with Crippen molar-refractivity contribution in [3.05, 3.63) is 76.5 Å². The Bertz CT molecular complexity index is 730. The maximum absolute atomic E-state index is 9.55. The van der Waals surface area contributed by atoms with E-state index >= 15 is 0 Å². The molecule has 1 aromatic carbocycles. The number of hydrogen-bond donors (Lipinski definition) is 2. The van der Waals surface area contributed by atoms with Crippen molar-refractivity contribution in [1.82, 2.24) is 9.88 Å². The Balaban J connectivity index is 0.000000387. The van der Waals surface area contributed by atoms with Crippen LogP contribution < -0.4 is 0 Å². The number of halogens is 1. The van der Waals surface area contributed by atoms with Gasteiger partial charge in [-0.25, -0.2) is 9.59 Å². The summed E-state index contributed by atoms with van der Waals surface area (Å²) < 4.78 is 1.11. The molecule has 0 radical (unpaired) electrons. The van der Waals surface area contributed by atoms with E-state index in [1.807, 2.05) is 12.3 Å². The number of rotatable bonds is 7. The molecule has 2 N–H and O–H groups in total. The first kappa shape index (κ1) is 22.5. The zero-order valence-electron chi connectivity index (χ0n) is 15.2. The molecule has 0 fully saturated rings. The van der Waals surface area contributed by atoms with Crippen molar-refractivity contribution < 1.29 is 19.8 Å². The number of aromatic nitrogens is 1. The Morgan fingerprint density at radius 2 is 1.67 bits per heavy atom. The highest BCUT2D eigenvalue weighted by molar-refractivity contribution is 9.10. The molecule has 0 bridgehead atoms. The maximum Gasteiger partial charge on any atom is 0.328 e. The summed E-state index contributed by atoms with van der Waals surface area (Å²) >= 11 is 3.49. The largest absolute Gasteiger partial charge is 0.478 e. The third-order valence-corrected chi connectivity index (χ3v) is 4.08. The van der Waals surface area contributed by atoms with Crippen molar-refractivity contribution >= 4 is 27.9 Å². The zero-order chi connectivity index (χ0) is 20.2. The second-order valence-corrected chi connectivity index (χ2v) is 6.88. The van der Waals surface area contributed by atoms with Crippen molar-refractivity contribution in [3.63, 3.8) is 0 Å². The normalized spacial score (nSPS) is 11.7. The second kappa shape index (κ2) is 12.0. The molecule has 0 aliphatic carbocycles. The summed E-state index contributed by atoms with van der Waals surface area (Å²) in [6, 6.07) is 14.7. The van der Waals surface area contributed by atoms with Gasteiger partial charge in [0.1, 0.15) is 0 Å². The lowest BCUT2D eigenvalue weighted by Gasteiger charge is -2.19. The molecule has 1 atom stereocenters. The molecule has 0 saturated carbocycles. The molecule has 0 aliphatic heterocycles. The van der Waals surface area contributed by atoms with Crippen LogP contribution in [0.2, 0.25) is 0 Å². The van der Waals surface area contributed by atoms with Crippen LogP contribution in [0.1, 0.15) is 23.6 Å². The van der Waals surface area contributed by atoms with Gasteiger partial charge < -0.3 is 15.1 Å². The van der Waals surface area contributed by atoms with Gasteiger partial charge in [0.15, 0.2) is 0 Å². The third-order valence-electron chi connectivity index (χ3n) is 3.55. The first-order valence-corrected chi connectivity index (χ1v) is 9.04. The predicted octanol–water partition coefficient (Wildman–Crippen LogP) is 3.64. The van der Waals surface area contributed by atoms with Gasteiger partial charge in [0.05, 0.1) is 0 Å². The SMILES string of the molecule is CN(C)CCC(c1ccc(Br)cc1)c1ccccn1.O=C(O)/C=C\C(=O)O. The minimum absolute atomic E-state index is 0.358. The minimum atomic E-state index is -1.26. The van der Waals surface area contributed by atoms with E-state index in [9.17, 15) is 9.59 Å². The first-order chi connectivity index (χ1) is 12.8. The van der Waals surface area contributed by atoms with Crippen LogP contribution in [0.5, 0.6) is 0 Å². The molecule has 1 heterocycles. The molecule has 6 nitrogen and oxygen atoms in total. The van der Waals surface area contributed by atoms with Gasteiger partial charge in [0.25, 0.3) is 0 Å². The summed E-state index contributed by atoms with van der Waals surface area (Å²) in [5.41, 5.74) is 2.47. The third kappa shape index (κ3) is 9.67. The highest BCUT2D eigenvalue weighted by Gasteiger charge is 2.15. The van der Waals surface area contributed by atoms with Crippen LogP contribution in [0.3, 0.4) is 0 Å². The topological polar surface area (TPSA) is 90.7 Å². The Hall–Kier alpha value is -2.51. The number of nitrogens with zero attached hydrogens (tertiary/aromatic N) is 2. The van der Waals surface area contributed by atoms with Crippen molar-refractivity contribution in [1.29, 1.82) is 0 Å². The molecular formula is C20H23BrN2O4. The average molecular weight is 435 g/mol. The Labute approximate surface area is 167 Å². The number of carboxylic acid groups (broad SMARTS) is 2. The van der Waals surface area contributed by atoms with E-state index in [1.165, 1.54) is 5.56 Å². The van der Waals surface area contributed by atoms with Gasteiger partial charge >= 0.3 is 11.9 Å². The van der Waals surface area contributed by atoms with Crippen LogP contribution in [0.15, 0.2) is 65.3 Å². The van der Waals surface area contributed by atoms with E-state index in [-0.39, 0.29) is 0 Å². The standard InChI is InChI=1S/C16H19BrN2.C4H4O4/c1-19(2)12-10-15(16-5-3-4-11-18-16)13-6-8-14(17)9-7-13;5-3(6)1-2-4(7)8/h3-9,11,15H,10,12H2,1-2H3;1-2H,(H,5,6)(H,7,8)/b;2-1-. The van der Waals surface area contributed by atoms with Gasteiger partial charge in [-0.15, -0.1) is 0 Å². The lowest BCUT2D eigenvalue weighted by Crippen LogP contribution is -2.17.